The molecule has 0 nitrogen and oxygen atoms in total. The van der Waals surface area contributed by atoms with E-state index < -0.39 is 0 Å². The van der Waals surface area contributed by atoms with Crippen LogP contribution in [0.25, 0.3) is 0 Å². The largest absolute Gasteiger partial charge is 0.0654 e. The molecule has 1 fully saturated rings. The summed E-state index contributed by atoms with van der Waals surface area (Å²) in [5.74, 6) is 2.10. The van der Waals surface area contributed by atoms with Crippen molar-refractivity contribution < 1.29 is 0 Å². The molecule has 0 radical (unpaired) electrons. The highest BCUT2D eigenvalue weighted by Crippen LogP contribution is 2.56. The van der Waals surface area contributed by atoms with E-state index in [0.717, 1.165) is 11.8 Å². The van der Waals surface area contributed by atoms with Crippen LogP contribution in [0.3, 0.4) is 0 Å². The molecule has 1 aliphatic carbocycles. The predicted octanol–water partition coefficient (Wildman–Crippen LogP) is 6.59. The zero-order valence-corrected chi connectivity index (χ0v) is 13.4. The van der Waals surface area contributed by atoms with Gasteiger partial charge in [0.1, 0.15) is 0 Å². The topological polar surface area (TPSA) is 0 Å². The third-order valence-electron chi connectivity index (χ3n) is 5.62. The Labute approximate surface area is 116 Å². The van der Waals surface area contributed by atoms with Gasteiger partial charge in [-0.15, -0.1) is 0 Å². The third kappa shape index (κ3) is 4.28. The van der Waals surface area contributed by atoms with Crippen LogP contribution in [-0.2, 0) is 0 Å². The van der Waals surface area contributed by atoms with Crippen LogP contribution < -0.4 is 0 Å². The highest BCUT2D eigenvalue weighted by Gasteiger charge is 2.46. The maximum atomic E-state index is 2.52. The van der Waals surface area contributed by atoms with Gasteiger partial charge in [-0.25, -0.2) is 0 Å². The first-order valence-electron chi connectivity index (χ1n) is 8.68. The second-order valence-electron chi connectivity index (χ2n) is 6.90. The lowest BCUT2D eigenvalue weighted by molar-refractivity contribution is -0.0389. The van der Waals surface area contributed by atoms with Gasteiger partial charge < -0.3 is 0 Å². The van der Waals surface area contributed by atoms with Gasteiger partial charge in [0.2, 0.25) is 0 Å². The van der Waals surface area contributed by atoms with Crippen molar-refractivity contribution in [1.29, 1.82) is 0 Å². The summed E-state index contributed by atoms with van der Waals surface area (Å²) in [6.07, 6.45) is 16.0. The summed E-state index contributed by atoms with van der Waals surface area (Å²) >= 11 is 0. The second-order valence-corrected chi connectivity index (χ2v) is 6.90. The summed E-state index contributed by atoms with van der Waals surface area (Å²) in [6.45, 7) is 9.59. The second kappa shape index (κ2) is 8.23. The Morgan fingerprint density at radius 2 is 1.50 bits per heavy atom. The smallest absolute Gasteiger partial charge is 0.0295 e. The Morgan fingerprint density at radius 1 is 0.889 bits per heavy atom. The molecule has 0 aromatic rings. The molecule has 3 unspecified atom stereocenters. The van der Waals surface area contributed by atoms with E-state index in [0.29, 0.717) is 5.41 Å². The molecule has 1 saturated carbocycles. The summed E-state index contributed by atoms with van der Waals surface area (Å²) in [5.41, 5.74) is 0.695. The molecule has 0 heterocycles. The first-order valence-corrected chi connectivity index (χ1v) is 8.68. The lowest BCUT2D eigenvalue weighted by Gasteiger charge is -2.54. The van der Waals surface area contributed by atoms with Crippen molar-refractivity contribution >= 4 is 0 Å². The third-order valence-corrected chi connectivity index (χ3v) is 5.62. The molecule has 108 valence electrons. The van der Waals surface area contributed by atoms with Crippen molar-refractivity contribution in [1.82, 2.24) is 0 Å². The molecule has 1 rings (SSSR count). The molecule has 0 aromatic heterocycles. The van der Waals surface area contributed by atoms with E-state index in [2.05, 4.69) is 27.7 Å². The van der Waals surface area contributed by atoms with Gasteiger partial charge in [-0.2, -0.15) is 0 Å². The van der Waals surface area contributed by atoms with E-state index in [1.165, 1.54) is 70.6 Å². The van der Waals surface area contributed by atoms with E-state index in [1.54, 1.807) is 0 Å². The van der Waals surface area contributed by atoms with E-state index in [9.17, 15) is 0 Å². The van der Waals surface area contributed by atoms with E-state index >= 15 is 0 Å². The molecular weight excluding hydrogens is 216 g/mol. The molecule has 0 heteroatoms. The number of rotatable bonds is 10. The first kappa shape index (κ1) is 16.1. The van der Waals surface area contributed by atoms with Gasteiger partial charge in [0.25, 0.3) is 0 Å². The van der Waals surface area contributed by atoms with E-state index in [4.69, 9.17) is 0 Å². The van der Waals surface area contributed by atoms with Crippen molar-refractivity contribution in [2.75, 3.05) is 0 Å². The summed E-state index contributed by atoms with van der Waals surface area (Å²) in [7, 11) is 0. The van der Waals surface area contributed by atoms with Crippen LogP contribution in [0.2, 0.25) is 0 Å². The van der Waals surface area contributed by atoms with Gasteiger partial charge in [-0.1, -0.05) is 91.9 Å². The zero-order chi connectivity index (χ0) is 13.4. The fraction of sp³-hybridized carbons (Fsp3) is 1.00. The van der Waals surface area contributed by atoms with Gasteiger partial charge >= 0.3 is 0 Å². The van der Waals surface area contributed by atoms with Crippen LogP contribution in [0.5, 0.6) is 0 Å². The normalized spacial score (nSPS) is 31.3. The molecule has 0 amide bonds. The SMILES string of the molecule is CCCCCCCCCC1CC(C)(CC)C1CC. The number of hydrogen-bond acceptors (Lipinski definition) is 0. The average molecular weight is 252 g/mol. The zero-order valence-electron chi connectivity index (χ0n) is 13.4. The fourth-order valence-corrected chi connectivity index (χ4v) is 4.20. The summed E-state index contributed by atoms with van der Waals surface area (Å²) in [6, 6.07) is 0. The summed E-state index contributed by atoms with van der Waals surface area (Å²) < 4.78 is 0. The standard InChI is InChI=1S/C18H36/c1-5-8-9-10-11-12-13-14-16-15-18(4,7-3)17(16)6-2/h16-17H,5-15H2,1-4H3. The molecule has 0 bridgehead atoms. The highest BCUT2D eigenvalue weighted by atomic mass is 14.5. The van der Waals surface area contributed by atoms with Crippen molar-refractivity contribution in [3.8, 4) is 0 Å². The molecule has 0 N–H and O–H groups in total. The van der Waals surface area contributed by atoms with Crippen LogP contribution in [0.15, 0.2) is 0 Å². The Bertz CT molecular complexity index is 208. The lowest BCUT2D eigenvalue weighted by atomic mass is 9.51. The molecule has 3 atom stereocenters. The minimum absolute atomic E-state index is 0.695. The predicted molar refractivity (Wildman–Crippen MR) is 82.9 cm³/mol. The Balaban J connectivity index is 2.03. The molecule has 1 aliphatic rings. The number of hydrogen-bond donors (Lipinski definition) is 0. The maximum Gasteiger partial charge on any atom is -0.0295 e. The monoisotopic (exact) mass is 252 g/mol. The Morgan fingerprint density at radius 3 is 2.06 bits per heavy atom. The first-order chi connectivity index (χ1) is 8.68. The molecule has 18 heavy (non-hydrogen) atoms. The van der Waals surface area contributed by atoms with Gasteiger partial charge in [0.15, 0.2) is 0 Å². The fourth-order valence-electron chi connectivity index (χ4n) is 4.20. The average Bonchev–Trinajstić information content (AvgIpc) is 2.36. The minimum atomic E-state index is 0.695. The van der Waals surface area contributed by atoms with Crippen molar-refractivity contribution in [2.24, 2.45) is 17.3 Å². The van der Waals surface area contributed by atoms with Gasteiger partial charge in [0.05, 0.1) is 0 Å². The quantitative estimate of drug-likeness (QED) is 0.385. The van der Waals surface area contributed by atoms with Crippen LogP contribution in [-0.4, -0.2) is 0 Å². The Hall–Kier alpha value is 0. The van der Waals surface area contributed by atoms with Crippen LogP contribution in [0.1, 0.15) is 98.3 Å². The molecule has 0 saturated heterocycles. The summed E-state index contributed by atoms with van der Waals surface area (Å²) in [5, 5.41) is 0. The summed E-state index contributed by atoms with van der Waals surface area (Å²) in [4.78, 5) is 0. The molecule has 0 aromatic carbocycles. The molecule has 0 spiro atoms. The number of unbranched alkanes of at least 4 members (excludes halogenated alkanes) is 6. The maximum absolute atomic E-state index is 2.52. The highest BCUT2D eigenvalue weighted by molar-refractivity contribution is 4.96. The van der Waals surface area contributed by atoms with Crippen LogP contribution in [0, 0.1) is 17.3 Å². The molecule has 0 aliphatic heterocycles. The van der Waals surface area contributed by atoms with Crippen molar-refractivity contribution in [2.45, 2.75) is 98.3 Å². The van der Waals surface area contributed by atoms with Gasteiger partial charge in [-0.05, 0) is 23.7 Å². The van der Waals surface area contributed by atoms with Gasteiger partial charge in [0, 0.05) is 0 Å². The van der Waals surface area contributed by atoms with Gasteiger partial charge in [-0.3, -0.25) is 0 Å². The minimum Gasteiger partial charge on any atom is -0.0654 e. The Kier molecular flexibility index (Phi) is 7.34. The van der Waals surface area contributed by atoms with Crippen LogP contribution in [0.4, 0.5) is 0 Å². The van der Waals surface area contributed by atoms with E-state index in [-0.39, 0.29) is 0 Å². The van der Waals surface area contributed by atoms with Crippen LogP contribution >= 0.6 is 0 Å². The molecular formula is C18H36. The van der Waals surface area contributed by atoms with E-state index in [1.807, 2.05) is 0 Å². The van der Waals surface area contributed by atoms with Crippen molar-refractivity contribution in [3.05, 3.63) is 0 Å². The van der Waals surface area contributed by atoms with Crippen molar-refractivity contribution in [3.63, 3.8) is 0 Å². The lowest BCUT2D eigenvalue weighted by Crippen LogP contribution is -2.45.